The van der Waals surface area contributed by atoms with Crippen molar-refractivity contribution in [3.8, 4) is 0 Å². The predicted molar refractivity (Wildman–Crippen MR) is 89.6 cm³/mol. The molecule has 1 saturated heterocycles. The Morgan fingerprint density at radius 2 is 1.96 bits per heavy atom. The van der Waals surface area contributed by atoms with E-state index in [-0.39, 0.29) is 0 Å². The van der Waals surface area contributed by atoms with Gasteiger partial charge in [-0.05, 0) is 33.1 Å². The average molecular weight is 330 g/mol. The van der Waals surface area contributed by atoms with Crippen LogP contribution >= 0.6 is 0 Å². The van der Waals surface area contributed by atoms with Crippen molar-refractivity contribution in [2.24, 2.45) is 0 Å². The maximum Gasteiger partial charge on any atom is 0.216 e. The molecule has 130 valence electrons. The van der Waals surface area contributed by atoms with Gasteiger partial charge in [0.15, 0.2) is 0 Å². The molecule has 7 heteroatoms. The summed E-state index contributed by atoms with van der Waals surface area (Å²) < 4.78 is 7.72. The van der Waals surface area contributed by atoms with Gasteiger partial charge in [-0.25, -0.2) is 9.67 Å². The average Bonchev–Trinajstić information content (AvgIpc) is 3.17. The second-order valence-electron chi connectivity index (χ2n) is 7.12. The molecule has 0 radical (unpaired) electrons. The van der Waals surface area contributed by atoms with Gasteiger partial charge < -0.3 is 9.73 Å². The lowest BCUT2D eigenvalue weighted by atomic mass is 10.0. The van der Waals surface area contributed by atoms with E-state index < -0.39 is 0 Å². The van der Waals surface area contributed by atoms with E-state index in [0.717, 1.165) is 55.5 Å². The molecule has 3 heterocycles. The Morgan fingerprint density at radius 1 is 1.17 bits per heavy atom. The summed E-state index contributed by atoms with van der Waals surface area (Å²) >= 11 is 0. The molecular weight excluding hydrogens is 304 g/mol. The van der Waals surface area contributed by atoms with Crippen molar-refractivity contribution in [3.05, 3.63) is 29.2 Å². The van der Waals surface area contributed by atoms with Crippen LogP contribution in [0.15, 0.2) is 10.6 Å². The Kier molecular flexibility index (Phi) is 4.37. The summed E-state index contributed by atoms with van der Waals surface area (Å²) in [6, 6.07) is 1.02. The van der Waals surface area contributed by atoms with Gasteiger partial charge >= 0.3 is 0 Å². The topological polar surface area (TPSA) is 72.0 Å². The molecule has 2 aromatic rings. The van der Waals surface area contributed by atoms with Crippen molar-refractivity contribution in [1.82, 2.24) is 30.2 Å². The van der Waals surface area contributed by atoms with Crippen molar-refractivity contribution in [1.29, 1.82) is 0 Å². The number of piperazine rings is 1. The zero-order valence-electron chi connectivity index (χ0n) is 14.5. The molecule has 2 atom stereocenters. The molecular formula is C17H26N6O. The van der Waals surface area contributed by atoms with Crippen LogP contribution < -0.4 is 5.32 Å². The van der Waals surface area contributed by atoms with E-state index in [1.165, 1.54) is 12.8 Å². The monoisotopic (exact) mass is 330 g/mol. The highest BCUT2D eigenvalue weighted by molar-refractivity contribution is 5.13. The van der Waals surface area contributed by atoms with Crippen molar-refractivity contribution >= 4 is 0 Å². The third-order valence-electron chi connectivity index (χ3n) is 5.13. The molecule has 1 aliphatic carbocycles. The Balaban J connectivity index is 1.42. The van der Waals surface area contributed by atoms with E-state index in [1.807, 2.05) is 10.9 Å². The van der Waals surface area contributed by atoms with Crippen LogP contribution in [0.25, 0.3) is 0 Å². The van der Waals surface area contributed by atoms with Crippen LogP contribution in [-0.2, 0) is 25.9 Å². The van der Waals surface area contributed by atoms with E-state index in [9.17, 15) is 0 Å². The zero-order chi connectivity index (χ0) is 16.5. The van der Waals surface area contributed by atoms with E-state index in [1.54, 1.807) is 0 Å². The number of rotatable bonds is 4. The lowest BCUT2D eigenvalue weighted by molar-refractivity contribution is 0.107. The van der Waals surface area contributed by atoms with Crippen LogP contribution in [0.4, 0.5) is 0 Å². The van der Waals surface area contributed by atoms with Gasteiger partial charge in [0.05, 0.1) is 17.6 Å². The third kappa shape index (κ3) is 3.23. The van der Waals surface area contributed by atoms with E-state index >= 15 is 0 Å². The van der Waals surface area contributed by atoms with Gasteiger partial charge in [0.25, 0.3) is 0 Å². The van der Waals surface area contributed by atoms with Crippen molar-refractivity contribution < 1.29 is 4.42 Å². The SMILES string of the molecule is C[C@@H]1CNC[C@H](C)N1Cc1cn(Cc2nc3c(o2)CCCC3)nn1. The van der Waals surface area contributed by atoms with Crippen LogP contribution in [0, 0.1) is 0 Å². The number of aryl methyl sites for hydroxylation is 2. The molecule has 0 spiro atoms. The second-order valence-corrected chi connectivity index (χ2v) is 7.12. The molecule has 2 aliphatic rings. The van der Waals surface area contributed by atoms with Crippen LogP contribution in [-0.4, -0.2) is 50.1 Å². The summed E-state index contributed by atoms with van der Waals surface area (Å²) in [5.74, 6) is 1.82. The van der Waals surface area contributed by atoms with Gasteiger partial charge in [0.2, 0.25) is 5.89 Å². The smallest absolute Gasteiger partial charge is 0.216 e. The molecule has 1 N–H and O–H groups in total. The van der Waals surface area contributed by atoms with Crippen molar-refractivity contribution in [2.75, 3.05) is 13.1 Å². The van der Waals surface area contributed by atoms with Gasteiger partial charge in [-0.3, -0.25) is 4.90 Å². The summed E-state index contributed by atoms with van der Waals surface area (Å²) in [6.07, 6.45) is 6.50. The maximum atomic E-state index is 5.88. The molecule has 0 amide bonds. The molecule has 0 saturated carbocycles. The number of nitrogens with zero attached hydrogens (tertiary/aromatic N) is 5. The minimum Gasteiger partial charge on any atom is -0.443 e. The van der Waals surface area contributed by atoms with Crippen LogP contribution in [0.5, 0.6) is 0 Å². The lowest BCUT2D eigenvalue weighted by Gasteiger charge is -2.38. The standard InChI is InChI=1S/C17H26N6O/c1-12-7-18-8-13(2)23(12)10-14-9-22(21-20-14)11-17-19-15-5-3-4-6-16(15)24-17/h9,12-13,18H,3-8,10-11H2,1-2H3/t12-,13+. The lowest BCUT2D eigenvalue weighted by Crippen LogP contribution is -2.54. The van der Waals surface area contributed by atoms with Crippen molar-refractivity contribution in [3.63, 3.8) is 0 Å². The fraction of sp³-hybridized carbons (Fsp3) is 0.706. The number of nitrogens with one attached hydrogen (secondary N) is 1. The number of hydrogen-bond donors (Lipinski definition) is 1. The minimum absolute atomic E-state index is 0.511. The van der Waals surface area contributed by atoms with E-state index in [4.69, 9.17) is 4.42 Å². The third-order valence-corrected chi connectivity index (χ3v) is 5.13. The van der Waals surface area contributed by atoms with Crippen LogP contribution in [0.3, 0.4) is 0 Å². The number of oxazole rings is 1. The first kappa shape index (κ1) is 15.8. The highest BCUT2D eigenvalue weighted by Crippen LogP contribution is 2.22. The van der Waals surface area contributed by atoms with Gasteiger partial charge in [0, 0.05) is 38.1 Å². The molecule has 0 aromatic carbocycles. The van der Waals surface area contributed by atoms with Gasteiger partial charge in [-0.15, -0.1) is 5.10 Å². The second kappa shape index (κ2) is 6.64. The first-order chi connectivity index (χ1) is 11.7. The number of aromatic nitrogens is 4. The van der Waals surface area contributed by atoms with Crippen LogP contribution in [0.2, 0.25) is 0 Å². The predicted octanol–water partition coefficient (Wildman–Crippen LogP) is 1.38. The van der Waals surface area contributed by atoms with Gasteiger partial charge in [-0.2, -0.15) is 0 Å². The Bertz CT molecular complexity index is 660. The largest absolute Gasteiger partial charge is 0.443 e. The number of fused-ring (bicyclic) bond motifs is 1. The summed E-state index contributed by atoms with van der Waals surface area (Å²) in [6.45, 7) is 7.97. The molecule has 2 aromatic heterocycles. The van der Waals surface area contributed by atoms with Gasteiger partial charge in [0.1, 0.15) is 12.3 Å². The summed E-state index contributed by atoms with van der Waals surface area (Å²) in [5.41, 5.74) is 2.15. The number of hydrogen-bond acceptors (Lipinski definition) is 6. The minimum atomic E-state index is 0.511. The summed E-state index contributed by atoms with van der Waals surface area (Å²) in [7, 11) is 0. The fourth-order valence-electron chi connectivity index (χ4n) is 3.77. The first-order valence-electron chi connectivity index (χ1n) is 9.02. The normalized spacial score (nSPS) is 24.9. The molecule has 1 fully saturated rings. The molecule has 7 nitrogen and oxygen atoms in total. The molecule has 0 bridgehead atoms. The first-order valence-corrected chi connectivity index (χ1v) is 9.02. The highest BCUT2D eigenvalue weighted by atomic mass is 16.4. The van der Waals surface area contributed by atoms with E-state index in [0.29, 0.717) is 18.6 Å². The summed E-state index contributed by atoms with van der Waals surface area (Å²) in [4.78, 5) is 7.10. The van der Waals surface area contributed by atoms with Gasteiger partial charge in [-0.1, -0.05) is 5.21 Å². The molecule has 0 unspecified atom stereocenters. The molecule has 24 heavy (non-hydrogen) atoms. The quantitative estimate of drug-likeness (QED) is 0.913. The fourth-order valence-corrected chi connectivity index (χ4v) is 3.77. The van der Waals surface area contributed by atoms with Crippen LogP contribution in [0.1, 0.15) is 49.7 Å². The zero-order valence-corrected chi connectivity index (χ0v) is 14.5. The Hall–Kier alpha value is -1.73. The summed E-state index contributed by atoms with van der Waals surface area (Å²) in [5, 5.41) is 12.1. The van der Waals surface area contributed by atoms with E-state index in [2.05, 4.69) is 39.4 Å². The molecule has 4 rings (SSSR count). The molecule has 1 aliphatic heterocycles. The Labute approximate surface area is 142 Å². The maximum absolute atomic E-state index is 5.88. The highest BCUT2D eigenvalue weighted by Gasteiger charge is 2.25. The Morgan fingerprint density at radius 3 is 2.75 bits per heavy atom. The van der Waals surface area contributed by atoms with Crippen molar-refractivity contribution in [2.45, 2.75) is 64.7 Å².